The number of thioether (sulfide) groups is 1. The molecule has 0 aromatic rings. The summed E-state index contributed by atoms with van der Waals surface area (Å²) in [7, 11) is 0. The van der Waals surface area contributed by atoms with Crippen LogP contribution in [0.25, 0.3) is 0 Å². The number of piperidine rings is 1. The monoisotopic (exact) mass is 360 g/mol. The third-order valence-corrected chi connectivity index (χ3v) is 5.52. The predicted octanol–water partition coefficient (Wildman–Crippen LogP) is 2.14. The molecule has 0 saturated carbocycles. The summed E-state index contributed by atoms with van der Waals surface area (Å²) in [5, 5.41) is 18.2. The van der Waals surface area contributed by atoms with Crippen molar-refractivity contribution in [3.05, 3.63) is 0 Å². The van der Waals surface area contributed by atoms with Crippen molar-refractivity contribution in [2.75, 3.05) is 18.8 Å². The molecule has 9 heteroatoms. The number of rotatable bonds is 2. The highest BCUT2D eigenvalue weighted by Gasteiger charge is 2.46. The molecule has 2 N–H and O–H groups in total. The molecule has 2 saturated heterocycles. The Labute approximate surface area is 145 Å². The number of nitrogens with zero attached hydrogens (tertiary/aromatic N) is 2. The molecule has 136 valence electrons. The summed E-state index contributed by atoms with van der Waals surface area (Å²) in [6.45, 7) is 6.33. The lowest BCUT2D eigenvalue weighted by Gasteiger charge is -2.38. The molecule has 0 spiro atoms. The summed E-state index contributed by atoms with van der Waals surface area (Å²) in [5.74, 6) is -1.00. The Morgan fingerprint density at radius 3 is 2.42 bits per heavy atom. The maximum absolute atomic E-state index is 12.2. The van der Waals surface area contributed by atoms with Crippen molar-refractivity contribution < 1.29 is 29.3 Å². The van der Waals surface area contributed by atoms with Crippen molar-refractivity contribution >= 4 is 29.9 Å². The zero-order chi connectivity index (χ0) is 18.1. The molecular formula is C15H24N2O6S. The van der Waals surface area contributed by atoms with Crippen LogP contribution in [0.3, 0.4) is 0 Å². The number of likely N-dealkylation sites (tertiary alicyclic amines) is 1. The first kappa shape index (κ1) is 18.7. The van der Waals surface area contributed by atoms with Gasteiger partial charge < -0.3 is 19.8 Å². The van der Waals surface area contributed by atoms with Gasteiger partial charge in [-0.3, -0.25) is 4.90 Å². The van der Waals surface area contributed by atoms with Gasteiger partial charge >= 0.3 is 18.2 Å². The third kappa shape index (κ3) is 4.25. The summed E-state index contributed by atoms with van der Waals surface area (Å²) in [6, 6.07) is -1.03. The maximum atomic E-state index is 12.2. The SMILES string of the molecule is CC(C)(C)OC(=O)N1CCCC([C@H]2SCC(C(=O)O)N2C(=O)O)C1. The second kappa shape index (κ2) is 7.08. The van der Waals surface area contributed by atoms with E-state index in [-0.39, 0.29) is 11.7 Å². The van der Waals surface area contributed by atoms with Gasteiger partial charge in [0.25, 0.3) is 0 Å². The van der Waals surface area contributed by atoms with Gasteiger partial charge in [0.15, 0.2) is 0 Å². The lowest BCUT2D eigenvalue weighted by atomic mass is 9.97. The maximum Gasteiger partial charge on any atom is 0.410 e. The fraction of sp³-hybridized carbons (Fsp3) is 0.800. The second-order valence-electron chi connectivity index (χ2n) is 7.10. The van der Waals surface area contributed by atoms with Crippen molar-refractivity contribution in [3.63, 3.8) is 0 Å². The van der Waals surface area contributed by atoms with Gasteiger partial charge in [0.2, 0.25) is 0 Å². The molecule has 24 heavy (non-hydrogen) atoms. The first-order valence-electron chi connectivity index (χ1n) is 7.94. The van der Waals surface area contributed by atoms with E-state index in [0.29, 0.717) is 13.1 Å². The van der Waals surface area contributed by atoms with Gasteiger partial charge in [0.05, 0.1) is 5.37 Å². The van der Waals surface area contributed by atoms with Gasteiger partial charge in [0.1, 0.15) is 11.6 Å². The van der Waals surface area contributed by atoms with Crippen LogP contribution in [0.4, 0.5) is 9.59 Å². The number of carbonyl (C=O) groups excluding carboxylic acids is 1. The number of aliphatic carboxylic acids is 1. The van der Waals surface area contributed by atoms with Crippen molar-refractivity contribution in [1.29, 1.82) is 0 Å². The van der Waals surface area contributed by atoms with Crippen LogP contribution in [0.2, 0.25) is 0 Å². The average molecular weight is 360 g/mol. The molecule has 2 amide bonds. The van der Waals surface area contributed by atoms with E-state index in [1.807, 2.05) is 0 Å². The number of carboxylic acids is 1. The van der Waals surface area contributed by atoms with Crippen molar-refractivity contribution in [2.45, 2.75) is 50.6 Å². The molecule has 8 nitrogen and oxygen atoms in total. The van der Waals surface area contributed by atoms with Crippen LogP contribution in [0.1, 0.15) is 33.6 Å². The van der Waals surface area contributed by atoms with Gasteiger partial charge in [-0.05, 0) is 33.6 Å². The molecule has 2 aliphatic rings. The molecule has 2 heterocycles. The van der Waals surface area contributed by atoms with E-state index in [2.05, 4.69) is 0 Å². The van der Waals surface area contributed by atoms with Gasteiger partial charge in [-0.25, -0.2) is 14.4 Å². The van der Waals surface area contributed by atoms with Crippen LogP contribution in [-0.2, 0) is 9.53 Å². The van der Waals surface area contributed by atoms with Crippen LogP contribution in [0, 0.1) is 5.92 Å². The van der Waals surface area contributed by atoms with Gasteiger partial charge in [-0.2, -0.15) is 0 Å². The topological polar surface area (TPSA) is 107 Å². The first-order valence-corrected chi connectivity index (χ1v) is 8.98. The molecule has 2 rings (SSSR count). The molecule has 0 radical (unpaired) electrons. The van der Waals surface area contributed by atoms with Crippen LogP contribution in [0.15, 0.2) is 0 Å². The van der Waals surface area contributed by atoms with E-state index < -0.39 is 35.2 Å². The zero-order valence-corrected chi connectivity index (χ0v) is 14.9. The molecule has 0 bridgehead atoms. The number of carboxylic acid groups (broad SMARTS) is 2. The van der Waals surface area contributed by atoms with E-state index >= 15 is 0 Å². The van der Waals surface area contributed by atoms with Gasteiger partial charge in [-0.1, -0.05) is 0 Å². The number of carbonyl (C=O) groups is 3. The van der Waals surface area contributed by atoms with Gasteiger partial charge in [-0.15, -0.1) is 11.8 Å². The lowest BCUT2D eigenvalue weighted by molar-refractivity contribution is -0.141. The lowest BCUT2D eigenvalue weighted by Crippen LogP contribution is -2.51. The molecule has 0 aromatic heterocycles. The molecule has 0 aliphatic carbocycles. The van der Waals surface area contributed by atoms with E-state index in [1.54, 1.807) is 25.7 Å². The Morgan fingerprint density at radius 2 is 1.88 bits per heavy atom. The minimum Gasteiger partial charge on any atom is -0.480 e. The average Bonchev–Trinajstić information content (AvgIpc) is 2.90. The Bertz CT molecular complexity index is 521. The van der Waals surface area contributed by atoms with Crippen molar-refractivity contribution in [1.82, 2.24) is 9.80 Å². The van der Waals surface area contributed by atoms with E-state index in [1.165, 1.54) is 11.8 Å². The van der Waals surface area contributed by atoms with E-state index in [0.717, 1.165) is 17.7 Å². The summed E-state index contributed by atoms with van der Waals surface area (Å²) in [5.41, 5.74) is -0.590. The van der Waals surface area contributed by atoms with Crippen molar-refractivity contribution in [2.24, 2.45) is 5.92 Å². The minimum absolute atomic E-state index is 0.100. The zero-order valence-electron chi connectivity index (χ0n) is 14.1. The van der Waals surface area contributed by atoms with Crippen LogP contribution in [-0.4, -0.2) is 74.0 Å². The fourth-order valence-corrected chi connectivity index (χ4v) is 4.63. The van der Waals surface area contributed by atoms with Crippen LogP contribution in [0.5, 0.6) is 0 Å². The number of hydrogen-bond donors (Lipinski definition) is 2. The smallest absolute Gasteiger partial charge is 0.410 e. The normalized spacial score (nSPS) is 27.9. The molecular weight excluding hydrogens is 336 g/mol. The molecule has 0 aromatic carbocycles. The van der Waals surface area contributed by atoms with Crippen LogP contribution < -0.4 is 0 Å². The van der Waals surface area contributed by atoms with E-state index in [4.69, 9.17) is 4.74 Å². The summed E-state index contributed by atoms with van der Waals surface area (Å²) in [6.07, 6.45) is -0.141. The second-order valence-corrected chi connectivity index (χ2v) is 8.25. The van der Waals surface area contributed by atoms with E-state index in [9.17, 15) is 24.6 Å². The molecule has 3 atom stereocenters. The minimum atomic E-state index is -1.23. The number of ether oxygens (including phenoxy) is 1. The first-order chi connectivity index (χ1) is 11.1. The summed E-state index contributed by atoms with van der Waals surface area (Å²) in [4.78, 5) is 37.6. The highest BCUT2D eigenvalue weighted by Crippen LogP contribution is 2.38. The Hall–Kier alpha value is -1.64. The standard InChI is InChI=1S/C15H24N2O6S/c1-15(2,3)23-14(22)16-6-4-5-9(7-16)11-17(13(20)21)10(8-24-11)12(18)19/h9-11H,4-8H2,1-3H3,(H,18,19)(H,20,21)/t9?,10?,11-/m1/s1. The molecule has 2 fully saturated rings. The Balaban J connectivity index is 2.07. The summed E-state index contributed by atoms with van der Waals surface area (Å²) < 4.78 is 5.38. The van der Waals surface area contributed by atoms with Crippen molar-refractivity contribution in [3.8, 4) is 0 Å². The van der Waals surface area contributed by atoms with Gasteiger partial charge in [0, 0.05) is 24.8 Å². The molecule has 2 unspecified atom stereocenters. The largest absolute Gasteiger partial charge is 0.480 e. The Kier molecular flexibility index (Phi) is 5.52. The fourth-order valence-electron chi connectivity index (χ4n) is 3.06. The highest BCUT2D eigenvalue weighted by atomic mass is 32.2. The number of hydrogen-bond acceptors (Lipinski definition) is 5. The van der Waals surface area contributed by atoms with Crippen LogP contribution >= 0.6 is 11.8 Å². The predicted molar refractivity (Wildman–Crippen MR) is 88.1 cm³/mol. The third-order valence-electron chi connectivity index (χ3n) is 4.05. The highest BCUT2D eigenvalue weighted by molar-refractivity contribution is 8.00. The quantitative estimate of drug-likeness (QED) is 0.777. The number of amides is 2. The molecule has 2 aliphatic heterocycles. The Morgan fingerprint density at radius 1 is 1.21 bits per heavy atom. The summed E-state index contributed by atoms with van der Waals surface area (Å²) >= 11 is 1.33.